The summed E-state index contributed by atoms with van der Waals surface area (Å²) in [6.45, 7) is -0.459. The summed E-state index contributed by atoms with van der Waals surface area (Å²) in [5.41, 5.74) is 1.75. The summed E-state index contributed by atoms with van der Waals surface area (Å²) >= 11 is 6.00. The van der Waals surface area contributed by atoms with Crippen LogP contribution in [0.3, 0.4) is 0 Å². The van der Waals surface area contributed by atoms with Crippen molar-refractivity contribution in [3.05, 3.63) is 47.0 Å². The molecule has 0 aliphatic carbocycles. The Bertz CT molecular complexity index is 540. The lowest BCUT2D eigenvalue weighted by Crippen LogP contribution is -2.09. The molecule has 0 amide bonds. The molecule has 0 aliphatic rings. The number of halogens is 3. The van der Waals surface area contributed by atoms with Crippen LogP contribution in [0.5, 0.6) is 0 Å². The van der Waals surface area contributed by atoms with Crippen LogP contribution >= 0.6 is 11.6 Å². The van der Waals surface area contributed by atoms with E-state index in [0.29, 0.717) is 10.7 Å². The molecule has 0 bridgehead atoms. The number of hydrogen-bond acceptors (Lipinski definition) is 2. The van der Waals surface area contributed by atoms with E-state index < -0.39 is 6.55 Å². The highest BCUT2D eigenvalue weighted by Crippen LogP contribution is 2.23. The van der Waals surface area contributed by atoms with Gasteiger partial charge in [-0.15, -0.1) is 0 Å². The molecule has 0 atom stereocenters. The van der Waals surface area contributed by atoms with Gasteiger partial charge in [0, 0.05) is 12.4 Å². The summed E-state index contributed by atoms with van der Waals surface area (Å²) in [6.07, 6.45) is 2.60. The van der Waals surface area contributed by atoms with E-state index in [9.17, 15) is 8.78 Å². The van der Waals surface area contributed by atoms with E-state index in [2.05, 4.69) is 10.3 Å². The molecule has 0 aliphatic heterocycles. The normalized spacial score (nSPS) is 10.9. The molecule has 3 nitrogen and oxygen atoms in total. The van der Waals surface area contributed by atoms with E-state index in [1.807, 2.05) is 19.1 Å². The Balaban J connectivity index is 2.11. The topological polar surface area (TPSA) is 29.9 Å². The maximum Gasteiger partial charge on any atom is 0.319 e. The molecule has 0 spiro atoms. The van der Waals surface area contributed by atoms with Crippen LogP contribution in [0.2, 0.25) is 5.02 Å². The summed E-state index contributed by atoms with van der Waals surface area (Å²) in [7, 11) is 0. The Morgan fingerprint density at radius 1 is 1.44 bits per heavy atom. The largest absolute Gasteiger partial charge is 0.377 e. The molecule has 2 rings (SSSR count). The van der Waals surface area contributed by atoms with Crippen molar-refractivity contribution in [2.24, 2.45) is 0 Å². The van der Waals surface area contributed by atoms with Crippen molar-refractivity contribution in [2.75, 3.05) is 5.32 Å². The van der Waals surface area contributed by atoms with E-state index in [-0.39, 0.29) is 12.4 Å². The molecule has 1 aromatic carbocycles. The molecule has 0 fully saturated rings. The third-order valence-corrected chi connectivity index (χ3v) is 2.85. The van der Waals surface area contributed by atoms with Gasteiger partial charge in [-0.3, -0.25) is 4.57 Å². The van der Waals surface area contributed by atoms with Gasteiger partial charge in [-0.05, 0) is 24.6 Å². The summed E-state index contributed by atoms with van der Waals surface area (Å²) in [4.78, 5) is 3.88. The molecule has 18 heavy (non-hydrogen) atoms. The van der Waals surface area contributed by atoms with Crippen molar-refractivity contribution >= 4 is 17.3 Å². The van der Waals surface area contributed by atoms with Gasteiger partial charge in [0.2, 0.25) is 0 Å². The smallest absolute Gasteiger partial charge is 0.319 e. The molecule has 0 radical (unpaired) electrons. The molecular weight excluding hydrogens is 260 g/mol. The molecule has 1 N–H and O–H groups in total. The van der Waals surface area contributed by atoms with Crippen molar-refractivity contribution < 1.29 is 8.78 Å². The first-order valence-electron chi connectivity index (χ1n) is 5.38. The minimum atomic E-state index is -2.59. The lowest BCUT2D eigenvalue weighted by atomic mass is 10.2. The first-order chi connectivity index (χ1) is 8.58. The summed E-state index contributed by atoms with van der Waals surface area (Å²) in [5, 5.41) is 3.55. The number of imidazole rings is 1. The predicted octanol–water partition coefficient (Wildman–Crippen LogP) is 3.85. The average Bonchev–Trinajstić information content (AvgIpc) is 2.79. The lowest BCUT2D eigenvalue weighted by Gasteiger charge is -2.10. The first kappa shape index (κ1) is 12.8. The lowest BCUT2D eigenvalue weighted by molar-refractivity contribution is 0.0673. The van der Waals surface area contributed by atoms with Gasteiger partial charge in [0.1, 0.15) is 5.82 Å². The zero-order valence-corrected chi connectivity index (χ0v) is 10.5. The van der Waals surface area contributed by atoms with Crippen LogP contribution in [0.15, 0.2) is 30.6 Å². The molecule has 1 aromatic heterocycles. The minimum absolute atomic E-state index is 0.195. The van der Waals surface area contributed by atoms with Crippen LogP contribution < -0.4 is 5.32 Å². The van der Waals surface area contributed by atoms with Crippen LogP contribution in [0, 0.1) is 6.92 Å². The van der Waals surface area contributed by atoms with E-state index in [4.69, 9.17) is 11.6 Å². The number of hydrogen-bond donors (Lipinski definition) is 1. The number of anilines is 1. The molecule has 0 unspecified atom stereocenters. The Kier molecular flexibility index (Phi) is 3.81. The van der Waals surface area contributed by atoms with Gasteiger partial charge < -0.3 is 5.32 Å². The van der Waals surface area contributed by atoms with Crippen molar-refractivity contribution in [3.8, 4) is 0 Å². The van der Waals surface area contributed by atoms with Crippen molar-refractivity contribution in [1.29, 1.82) is 0 Å². The fraction of sp³-hybridized carbons (Fsp3) is 0.250. The van der Waals surface area contributed by atoms with Crippen LogP contribution in [-0.4, -0.2) is 9.55 Å². The van der Waals surface area contributed by atoms with E-state index in [1.165, 1.54) is 12.4 Å². The van der Waals surface area contributed by atoms with Crippen LogP contribution in [-0.2, 0) is 6.54 Å². The second kappa shape index (κ2) is 5.35. The number of aromatic nitrogens is 2. The van der Waals surface area contributed by atoms with Gasteiger partial charge >= 0.3 is 6.55 Å². The predicted molar refractivity (Wildman–Crippen MR) is 67.0 cm³/mol. The highest BCUT2D eigenvalue weighted by molar-refractivity contribution is 6.33. The molecule has 0 saturated carbocycles. The van der Waals surface area contributed by atoms with Gasteiger partial charge in [0.25, 0.3) is 0 Å². The van der Waals surface area contributed by atoms with Gasteiger partial charge in [-0.2, -0.15) is 8.78 Å². The highest BCUT2D eigenvalue weighted by Gasteiger charge is 2.11. The van der Waals surface area contributed by atoms with Crippen molar-refractivity contribution in [1.82, 2.24) is 9.55 Å². The Morgan fingerprint density at radius 3 is 2.94 bits per heavy atom. The van der Waals surface area contributed by atoms with Crippen molar-refractivity contribution in [3.63, 3.8) is 0 Å². The Hall–Kier alpha value is -1.62. The van der Waals surface area contributed by atoms with Crippen LogP contribution in [0.4, 0.5) is 14.5 Å². The highest BCUT2D eigenvalue weighted by atomic mass is 35.5. The Labute approximate surface area is 108 Å². The maximum absolute atomic E-state index is 12.6. The second-order valence-corrected chi connectivity index (χ2v) is 4.27. The monoisotopic (exact) mass is 271 g/mol. The van der Waals surface area contributed by atoms with E-state index in [1.54, 1.807) is 6.07 Å². The zero-order chi connectivity index (χ0) is 13.1. The summed E-state index contributed by atoms with van der Waals surface area (Å²) in [6, 6.07) is 5.50. The average molecular weight is 272 g/mol. The number of alkyl halides is 2. The first-order valence-corrected chi connectivity index (χ1v) is 5.75. The number of benzene rings is 1. The van der Waals surface area contributed by atoms with Gasteiger partial charge in [-0.25, -0.2) is 4.98 Å². The third-order valence-electron chi connectivity index (χ3n) is 2.52. The van der Waals surface area contributed by atoms with E-state index >= 15 is 0 Å². The quantitative estimate of drug-likeness (QED) is 0.915. The van der Waals surface area contributed by atoms with Crippen LogP contribution in [0.1, 0.15) is 17.9 Å². The van der Waals surface area contributed by atoms with Gasteiger partial charge in [0.15, 0.2) is 0 Å². The van der Waals surface area contributed by atoms with Crippen molar-refractivity contribution in [2.45, 2.75) is 20.0 Å². The summed E-state index contributed by atoms with van der Waals surface area (Å²) in [5.74, 6) is 0.266. The number of nitrogens with zero attached hydrogens (tertiary/aromatic N) is 2. The second-order valence-electron chi connectivity index (χ2n) is 3.87. The SMILES string of the molecule is Cc1ccc(Cl)c(NCc2nccn2C(F)F)c1. The number of aryl methyl sites for hydroxylation is 1. The maximum atomic E-state index is 12.6. The molecule has 1 heterocycles. The standard InChI is InChI=1S/C12H12ClF2N3/c1-8-2-3-9(13)10(6-8)17-7-11-16-4-5-18(11)12(14)15/h2-6,12,17H,7H2,1H3. The van der Waals surface area contributed by atoms with Gasteiger partial charge in [0.05, 0.1) is 17.3 Å². The molecule has 96 valence electrons. The Morgan fingerprint density at radius 2 is 2.22 bits per heavy atom. The third kappa shape index (κ3) is 2.79. The molecular formula is C12H12ClF2N3. The fourth-order valence-electron chi connectivity index (χ4n) is 1.61. The summed E-state index contributed by atoms with van der Waals surface area (Å²) < 4.78 is 26.0. The molecule has 6 heteroatoms. The zero-order valence-electron chi connectivity index (χ0n) is 9.70. The minimum Gasteiger partial charge on any atom is -0.377 e. The fourth-order valence-corrected chi connectivity index (χ4v) is 1.79. The van der Waals surface area contributed by atoms with E-state index in [0.717, 1.165) is 10.1 Å². The molecule has 0 saturated heterocycles. The van der Waals surface area contributed by atoms with Crippen LogP contribution in [0.25, 0.3) is 0 Å². The number of rotatable bonds is 4. The molecule has 2 aromatic rings. The van der Waals surface area contributed by atoms with Gasteiger partial charge in [-0.1, -0.05) is 17.7 Å². The number of nitrogens with one attached hydrogen (secondary N) is 1.